The van der Waals surface area contributed by atoms with Crippen molar-refractivity contribution in [1.82, 2.24) is 0 Å². The zero-order chi connectivity index (χ0) is 75.2. The van der Waals surface area contributed by atoms with Gasteiger partial charge in [0, 0.05) is 68.2 Å². The van der Waals surface area contributed by atoms with Crippen molar-refractivity contribution in [3.8, 4) is 66.8 Å². The van der Waals surface area contributed by atoms with Crippen molar-refractivity contribution in [2.24, 2.45) is 0 Å². The van der Waals surface area contributed by atoms with E-state index in [1.807, 2.05) is 0 Å². The second-order valence-corrected chi connectivity index (χ2v) is 30.5. The van der Waals surface area contributed by atoms with E-state index in [0.717, 1.165) is 22.7 Å². The highest BCUT2D eigenvalue weighted by atomic mass is 15.2. The third-order valence-electron chi connectivity index (χ3n) is 23.7. The number of para-hydroxylation sites is 2. The molecule has 0 spiro atoms. The number of fused-ring (bicyclic) bond motifs is 10. The molecule has 0 aromatic heterocycles. The van der Waals surface area contributed by atoms with Crippen molar-refractivity contribution in [3.05, 3.63) is 423 Å². The highest BCUT2D eigenvalue weighted by Crippen LogP contribution is 2.51. The van der Waals surface area contributed by atoms with Crippen molar-refractivity contribution in [2.45, 2.75) is 20.8 Å². The van der Waals surface area contributed by atoms with E-state index < -0.39 is 0 Å². The first kappa shape index (κ1) is 67.0. The standard InChI is InChI=1S/C54H39BN2.C53H37BN2/c1-36-20-30-50-48(32-36)55-49-33-37(2)21-31-51(49)57(45-28-24-41(25-29-45)39-14-7-4-8-15-39)53-35-43(47-19-11-17-42-16-9-10-18-46(42)47)34-52(54(53)55)56(50)44-26-22-40(23-27-44)38-12-5-3-6-13-38;1-36-24-25-41-18-8-9-19-45(41)52(36)42-34-50-53-51(35-42)56(44-32-28-40(29-33-44)38-16-6-3-7-17-38)49-23-13-11-21-47(49)54(53)46-20-10-12-22-48(46)55(50)43-30-26-39(27-31-43)37-14-4-2-5-15-37/h3-35H,1-2H3;2-35H,1H3. The number of hydrogen-bond donors (Lipinski definition) is 0. The van der Waals surface area contributed by atoms with Crippen LogP contribution in [0, 0.1) is 20.8 Å². The lowest BCUT2D eigenvalue weighted by Gasteiger charge is -2.44. The Morgan fingerprint density at radius 1 is 0.195 bits per heavy atom. The highest BCUT2D eigenvalue weighted by Gasteiger charge is 2.46. The Kier molecular flexibility index (Phi) is 16.4. The van der Waals surface area contributed by atoms with Crippen LogP contribution in [0.4, 0.5) is 68.2 Å². The van der Waals surface area contributed by atoms with Gasteiger partial charge in [0.25, 0.3) is 13.4 Å². The number of aryl methyl sites for hydroxylation is 3. The van der Waals surface area contributed by atoms with Crippen molar-refractivity contribution in [2.75, 3.05) is 19.6 Å². The smallest absolute Gasteiger partial charge is 0.252 e. The predicted octanol–water partition coefficient (Wildman–Crippen LogP) is 24.8. The largest absolute Gasteiger partial charge is 0.311 e. The summed E-state index contributed by atoms with van der Waals surface area (Å²) in [5.74, 6) is 0. The summed E-state index contributed by atoms with van der Waals surface area (Å²) < 4.78 is 0. The van der Waals surface area contributed by atoms with Crippen LogP contribution >= 0.6 is 0 Å². The summed E-state index contributed by atoms with van der Waals surface area (Å²) >= 11 is 0. The summed E-state index contributed by atoms with van der Waals surface area (Å²) in [5.41, 5.74) is 40.6. The number of hydrogen-bond acceptors (Lipinski definition) is 4. The van der Waals surface area contributed by atoms with Crippen LogP contribution in [0.2, 0.25) is 0 Å². The highest BCUT2D eigenvalue weighted by molar-refractivity contribution is 7.01. The summed E-state index contributed by atoms with van der Waals surface area (Å²) in [5, 5.41) is 5.00. The molecule has 6 heteroatoms. The van der Waals surface area contributed by atoms with Crippen LogP contribution in [0.5, 0.6) is 0 Å². The fraction of sp³-hybridized carbons (Fsp3) is 0.0280. The van der Waals surface area contributed by atoms with Crippen LogP contribution in [0.3, 0.4) is 0 Å². The molecular weight excluding hydrogens is 1360 g/mol. The van der Waals surface area contributed by atoms with Crippen LogP contribution < -0.4 is 52.4 Å². The van der Waals surface area contributed by atoms with Gasteiger partial charge in [0.1, 0.15) is 0 Å². The SMILES string of the molecule is Cc1ccc2c(c1)B1c3cc(C)ccc3N(c3ccc(-c4ccccc4)cc3)c3cc(-c4cccc5ccccc45)cc(c31)N2c1ccc(-c2ccccc2)cc1.Cc1ccc2ccccc2c1-c1cc2c3c(c1)N(c1ccc(-c4ccccc4)cc1)c1ccccc1B3c1ccccc1N2c1ccc(-c2ccccc2)cc1. The number of rotatable bonds is 10. The Hall–Kier alpha value is -14.2. The minimum absolute atomic E-state index is 0.0565. The molecule has 530 valence electrons. The molecule has 0 N–H and O–H groups in total. The first-order valence-corrected chi connectivity index (χ1v) is 39.3. The van der Waals surface area contributed by atoms with Crippen molar-refractivity contribution in [1.29, 1.82) is 0 Å². The van der Waals surface area contributed by atoms with Crippen LogP contribution in [-0.4, -0.2) is 13.4 Å². The van der Waals surface area contributed by atoms with Crippen LogP contribution in [0.25, 0.3) is 88.3 Å². The minimum atomic E-state index is 0.0565. The predicted molar refractivity (Wildman–Crippen MR) is 483 cm³/mol. The lowest BCUT2D eigenvalue weighted by molar-refractivity contribution is 1.25. The maximum Gasteiger partial charge on any atom is 0.252 e. The Labute approximate surface area is 661 Å². The lowest BCUT2D eigenvalue weighted by Crippen LogP contribution is -2.61. The van der Waals surface area contributed by atoms with E-state index in [1.165, 1.54) is 183 Å². The Balaban J connectivity index is 0.000000142. The zero-order valence-electron chi connectivity index (χ0n) is 63.1. The molecule has 4 aliphatic rings. The summed E-state index contributed by atoms with van der Waals surface area (Å²) in [4.78, 5) is 10.1. The zero-order valence-corrected chi connectivity index (χ0v) is 63.1. The van der Waals surface area contributed by atoms with Gasteiger partial charge in [-0.2, -0.15) is 0 Å². The molecule has 0 unspecified atom stereocenters. The van der Waals surface area contributed by atoms with Crippen LogP contribution in [0.1, 0.15) is 16.7 Å². The van der Waals surface area contributed by atoms with Gasteiger partial charge in [-0.1, -0.05) is 321 Å². The molecule has 0 saturated heterocycles. The molecule has 4 heterocycles. The van der Waals surface area contributed by atoms with Gasteiger partial charge < -0.3 is 19.6 Å². The lowest BCUT2D eigenvalue weighted by atomic mass is 9.33. The fourth-order valence-corrected chi connectivity index (χ4v) is 18.5. The average Bonchev–Trinajstić information content (AvgIpc) is 0.696. The second kappa shape index (κ2) is 27.7. The molecule has 0 amide bonds. The second-order valence-electron chi connectivity index (χ2n) is 30.5. The summed E-state index contributed by atoms with van der Waals surface area (Å²) in [6.07, 6.45) is 0. The summed E-state index contributed by atoms with van der Waals surface area (Å²) in [6, 6.07) is 150. The van der Waals surface area contributed by atoms with Gasteiger partial charge in [0.2, 0.25) is 0 Å². The van der Waals surface area contributed by atoms with Gasteiger partial charge in [0.15, 0.2) is 0 Å². The van der Waals surface area contributed by atoms with E-state index in [-0.39, 0.29) is 13.4 Å². The maximum atomic E-state index is 2.52. The van der Waals surface area contributed by atoms with Crippen LogP contribution in [-0.2, 0) is 0 Å². The molecule has 22 rings (SSSR count). The molecule has 0 aliphatic carbocycles. The van der Waals surface area contributed by atoms with Gasteiger partial charge in [-0.3, -0.25) is 0 Å². The van der Waals surface area contributed by atoms with E-state index in [2.05, 4.69) is 447 Å². The van der Waals surface area contributed by atoms with E-state index in [4.69, 9.17) is 0 Å². The van der Waals surface area contributed by atoms with Gasteiger partial charge in [-0.05, 0) is 244 Å². The molecule has 18 aromatic rings. The number of nitrogens with zero attached hydrogens (tertiary/aromatic N) is 4. The molecule has 0 atom stereocenters. The number of benzene rings is 18. The molecule has 4 nitrogen and oxygen atoms in total. The van der Waals surface area contributed by atoms with Crippen molar-refractivity contribution >= 4 is 136 Å². The monoisotopic (exact) mass is 1440 g/mol. The van der Waals surface area contributed by atoms with Gasteiger partial charge in [-0.25, -0.2) is 0 Å². The van der Waals surface area contributed by atoms with Crippen LogP contribution in [0.15, 0.2) is 406 Å². The summed E-state index contributed by atoms with van der Waals surface area (Å²) in [6.45, 7) is 6.82. The molecule has 0 saturated carbocycles. The van der Waals surface area contributed by atoms with Gasteiger partial charge >= 0.3 is 0 Å². The normalized spacial score (nSPS) is 12.6. The maximum absolute atomic E-state index is 2.52. The third-order valence-corrected chi connectivity index (χ3v) is 23.7. The van der Waals surface area contributed by atoms with Gasteiger partial charge in [0.05, 0.1) is 0 Å². The van der Waals surface area contributed by atoms with E-state index in [0.29, 0.717) is 0 Å². The molecule has 18 aromatic carbocycles. The quantitative estimate of drug-likeness (QED) is 0.127. The third kappa shape index (κ3) is 11.6. The fourth-order valence-electron chi connectivity index (χ4n) is 18.5. The Bertz CT molecular complexity index is 6390. The summed E-state index contributed by atoms with van der Waals surface area (Å²) in [7, 11) is 0. The molecular formula is C107H76B2N4. The molecule has 0 bridgehead atoms. The Morgan fingerprint density at radius 2 is 0.504 bits per heavy atom. The van der Waals surface area contributed by atoms with Gasteiger partial charge in [-0.15, -0.1) is 0 Å². The number of anilines is 12. The molecule has 4 aliphatic heterocycles. The minimum Gasteiger partial charge on any atom is -0.311 e. The van der Waals surface area contributed by atoms with E-state index in [1.54, 1.807) is 0 Å². The Morgan fingerprint density at radius 3 is 0.912 bits per heavy atom. The van der Waals surface area contributed by atoms with Crippen molar-refractivity contribution < 1.29 is 0 Å². The molecule has 0 radical (unpaired) electrons. The van der Waals surface area contributed by atoms with E-state index >= 15 is 0 Å². The first-order chi connectivity index (χ1) is 55.8. The van der Waals surface area contributed by atoms with E-state index in [9.17, 15) is 0 Å². The average molecular weight is 1440 g/mol. The molecule has 113 heavy (non-hydrogen) atoms. The first-order valence-electron chi connectivity index (χ1n) is 39.3. The topological polar surface area (TPSA) is 13.0 Å². The van der Waals surface area contributed by atoms with Crippen molar-refractivity contribution in [3.63, 3.8) is 0 Å². The molecule has 0 fully saturated rings.